The molecule has 0 aromatic heterocycles. The van der Waals surface area contributed by atoms with E-state index in [1.807, 2.05) is 0 Å². The molecule has 0 saturated carbocycles. The third-order valence-corrected chi connectivity index (χ3v) is 2.84. The molecule has 0 aliphatic heterocycles. The molecule has 17 heavy (non-hydrogen) atoms. The summed E-state index contributed by atoms with van der Waals surface area (Å²) < 4.78 is 0. The van der Waals surface area contributed by atoms with E-state index in [-0.39, 0.29) is 24.1 Å². The predicted octanol–water partition coefficient (Wildman–Crippen LogP) is 2.27. The average Bonchev–Trinajstić information content (AvgIpc) is 2.24. The molecule has 0 spiro atoms. The number of amides is 2. The number of nitrogens with one attached hydrogen (secondary N) is 2. The SMILES string of the molecule is CCCCCC(NC(=O)NCCO)C(C)(C)C. The molecule has 4 nitrogen and oxygen atoms in total. The van der Waals surface area contributed by atoms with Crippen LogP contribution in [0.5, 0.6) is 0 Å². The van der Waals surface area contributed by atoms with E-state index >= 15 is 0 Å². The van der Waals surface area contributed by atoms with Crippen molar-refractivity contribution in [2.45, 2.75) is 59.4 Å². The number of carbonyl (C=O) groups is 1. The van der Waals surface area contributed by atoms with Gasteiger partial charge in [-0.05, 0) is 11.8 Å². The minimum Gasteiger partial charge on any atom is -0.395 e. The molecular formula is C13H28N2O2. The van der Waals surface area contributed by atoms with Crippen LogP contribution in [0.15, 0.2) is 0 Å². The van der Waals surface area contributed by atoms with Crippen molar-refractivity contribution in [3.05, 3.63) is 0 Å². The first-order valence-electron chi connectivity index (χ1n) is 6.57. The van der Waals surface area contributed by atoms with Crippen molar-refractivity contribution in [2.75, 3.05) is 13.2 Å². The summed E-state index contributed by atoms with van der Waals surface area (Å²) in [6.07, 6.45) is 4.53. The quantitative estimate of drug-likeness (QED) is 0.602. The van der Waals surface area contributed by atoms with Crippen molar-refractivity contribution in [2.24, 2.45) is 5.41 Å². The molecule has 0 fully saturated rings. The van der Waals surface area contributed by atoms with E-state index in [4.69, 9.17) is 5.11 Å². The van der Waals surface area contributed by atoms with Crippen LogP contribution in [0.1, 0.15) is 53.4 Å². The van der Waals surface area contributed by atoms with E-state index in [0.717, 1.165) is 12.8 Å². The van der Waals surface area contributed by atoms with Crippen LogP contribution >= 0.6 is 0 Å². The van der Waals surface area contributed by atoms with E-state index in [2.05, 4.69) is 38.3 Å². The lowest BCUT2D eigenvalue weighted by Crippen LogP contribution is -2.48. The van der Waals surface area contributed by atoms with E-state index in [1.54, 1.807) is 0 Å². The van der Waals surface area contributed by atoms with Crippen molar-refractivity contribution < 1.29 is 9.90 Å². The molecular weight excluding hydrogens is 216 g/mol. The van der Waals surface area contributed by atoms with Gasteiger partial charge in [-0.25, -0.2) is 4.79 Å². The third-order valence-electron chi connectivity index (χ3n) is 2.84. The third kappa shape index (κ3) is 8.02. The van der Waals surface area contributed by atoms with Gasteiger partial charge in [0.25, 0.3) is 0 Å². The van der Waals surface area contributed by atoms with Gasteiger partial charge in [-0.15, -0.1) is 0 Å². The number of aliphatic hydroxyl groups is 1. The highest BCUT2D eigenvalue weighted by atomic mass is 16.3. The Hall–Kier alpha value is -0.770. The van der Waals surface area contributed by atoms with Gasteiger partial charge in [-0.2, -0.15) is 0 Å². The Labute approximate surface area is 105 Å². The molecule has 0 rings (SSSR count). The standard InChI is InChI=1S/C13H28N2O2/c1-5-6-7-8-11(13(2,3)4)15-12(17)14-9-10-16/h11,16H,5-10H2,1-4H3,(H2,14,15,17). The topological polar surface area (TPSA) is 61.4 Å². The van der Waals surface area contributed by atoms with Gasteiger partial charge in [-0.1, -0.05) is 47.0 Å². The second-order valence-electron chi connectivity index (χ2n) is 5.54. The van der Waals surface area contributed by atoms with E-state index in [0.29, 0.717) is 6.54 Å². The summed E-state index contributed by atoms with van der Waals surface area (Å²) in [5.41, 5.74) is 0.0598. The molecule has 0 aromatic rings. The highest BCUT2D eigenvalue weighted by Crippen LogP contribution is 2.23. The number of carbonyl (C=O) groups excluding carboxylic acids is 1. The molecule has 102 valence electrons. The number of hydrogen-bond donors (Lipinski definition) is 3. The molecule has 0 aromatic carbocycles. The average molecular weight is 244 g/mol. The monoisotopic (exact) mass is 244 g/mol. The smallest absolute Gasteiger partial charge is 0.315 e. The molecule has 0 bridgehead atoms. The van der Waals surface area contributed by atoms with Crippen LogP contribution in [0.4, 0.5) is 4.79 Å². The van der Waals surface area contributed by atoms with Crippen LogP contribution in [0.25, 0.3) is 0 Å². The molecule has 2 amide bonds. The number of urea groups is 1. The van der Waals surface area contributed by atoms with Gasteiger partial charge in [0.05, 0.1) is 6.61 Å². The fraction of sp³-hybridized carbons (Fsp3) is 0.923. The Morgan fingerprint density at radius 1 is 1.29 bits per heavy atom. The Morgan fingerprint density at radius 2 is 1.94 bits per heavy atom. The van der Waals surface area contributed by atoms with Crippen molar-refractivity contribution in [1.82, 2.24) is 10.6 Å². The van der Waals surface area contributed by atoms with Gasteiger partial charge in [0, 0.05) is 12.6 Å². The second kappa shape index (κ2) is 8.34. The molecule has 3 N–H and O–H groups in total. The summed E-state index contributed by atoms with van der Waals surface area (Å²) in [5, 5.41) is 14.3. The zero-order chi connectivity index (χ0) is 13.3. The first-order valence-corrected chi connectivity index (χ1v) is 6.57. The van der Waals surface area contributed by atoms with E-state index < -0.39 is 0 Å². The van der Waals surface area contributed by atoms with Crippen molar-refractivity contribution >= 4 is 6.03 Å². The van der Waals surface area contributed by atoms with E-state index in [9.17, 15) is 4.79 Å². The Kier molecular flexibility index (Phi) is 7.96. The lowest BCUT2D eigenvalue weighted by atomic mass is 9.83. The van der Waals surface area contributed by atoms with Gasteiger partial charge in [0.2, 0.25) is 0 Å². The largest absolute Gasteiger partial charge is 0.395 e. The van der Waals surface area contributed by atoms with E-state index in [1.165, 1.54) is 12.8 Å². The molecule has 4 heteroatoms. The highest BCUT2D eigenvalue weighted by molar-refractivity contribution is 5.74. The minimum absolute atomic E-state index is 0.0244. The minimum atomic E-state index is -0.185. The summed E-state index contributed by atoms with van der Waals surface area (Å²) in [6.45, 7) is 8.86. The highest BCUT2D eigenvalue weighted by Gasteiger charge is 2.25. The number of hydrogen-bond acceptors (Lipinski definition) is 2. The maximum Gasteiger partial charge on any atom is 0.315 e. The van der Waals surface area contributed by atoms with Crippen LogP contribution in [0.3, 0.4) is 0 Å². The van der Waals surface area contributed by atoms with Gasteiger partial charge in [0.1, 0.15) is 0 Å². The van der Waals surface area contributed by atoms with Gasteiger partial charge < -0.3 is 15.7 Å². The van der Waals surface area contributed by atoms with Crippen LogP contribution in [0, 0.1) is 5.41 Å². The first kappa shape index (κ1) is 16.2. The lowest BCUT2D eigenvalue weighted by Gasteiger charge is -2.31. The summed E-state index contributed by atoms with van der Waals surface area (Å²) in [4.78, 5) is 11.6. The second-order valence-corrected chi connectivity index (χ2v) is 5.54. The number of aliphatic hydroxyl groups excluding tert-OH is 1. The molecule has 0 aliphatic carbocycles. The summed E-state index contributed by atoms with van der Waals surface area (Å²) in [6, 6.07) is -0.0109. The molecule has 1 unspecified atom stereocenters. The van der Waals surface area contributed by atoms with Crippen molar-refractivity contribution in [1.29, 1.82) is 0 Å². The first-order chi connectivity index (χ1) is 7.91. The number of rotatable bonds is 7. The normalized spacial score (nSPS) is 13.2. The predicted molar refractivity (Wildman–Crippen MR) is 71.0 cm³/mol. The maximum atomic E-state index is 11.6. The van der Waals surface area contributed by atoms with Gasteiger partial charge in [0.15, 0.2) is 0 Å². The van der Waals surface area contributed by atoms with Crippen LogP contribution < -0.4 is 10.6 Å². The summed E-state index contributed by atoms with van der Waals surface area (Å²) in [5.74, 6) is 0. The summed E-state index contributed by atoms with van der Waals surface area (Å²) in [7, 11) is 0. The van der Waals surface area contributed by atoms with Crippen LogP contribution in [-0.2, 0) is 0 Å². The Bertz CT molecular complexity index is 212. The molecule has 1 atom stereocenters. The molecule has 0 heterocycles. The van der Waals surface area contributed by atoms with Gasteiger partial charge >= 0.3 is 6.03 Å². The molecule has 0 aliphatic rings. The Morgan fingerprint density at radius 3 is 2.41 bits per heavy atom. The molecule has 0 radical (unpaired) electrons. The maximum absolute atomic E-state index is 11.6. The van der Waals surface area contributed by atoms with Crippen molar-refractivity contribution in [3.63, 3.8) is 0 Å². The fourth-order valence-electron chi connectivity index (χ4n) is 1.70. The summed E-state index contributed by atoms with van der Waals surface area (Å²) >= 11 is 0. The van der Waals surface area contributed by atoms with Gasteiger partial charge in [-0.3, -0.25) is 0 Å². The number of unbranched alkanes of at least 4 members (excludes halogenated alkanes) is 2. The lowest BCUT2D eigenvalue weighted by molar-refractivity contribution is 0.208. The van der Waals surface area contributed by atoms with Crippen LogP contribution in [-0.4, -0.2) is 30.3 Å². The zero-order valence-corrected chi connectivity index (χ0v) is 11.7. The van der Waals surface area contributed by atoms with Crippen LogP contribution in [0.2, 0.25) is 0 Å². The molecule has 0 saturated heterocycles. The zero-order valence-electron chi connectivity index (χ0n) is 11.7. The fourth-order valence-corrected chi connectivity index (χ4v) is 1.70. The van der Waals surface area contributed by atoms with Crippen molar-refractivity contribution in [3.8, 4) is 0 Å². The Balaban J connectivity index is 4.14.